The molecule has 0 amide bonds. The Kier molecular flexibility index (Phi) is 7.29. The molecule has 32 heavy (non-hydrogen) atoms. The summed E-state index contributed by atoms with van der Waals surface area (Å²) >= 11 is 7.47. The van der Waals surface area contributed by atoms with Gasteiger partial charge in [0.2, 0.25) is 10.0 Å². The Morgan fingerprint density at radius 3 is 2.50 bits per heavy atom. The summed E-state index contributed by atoms with van der Waals surface area (Å²) in [6, 6.07) is 3.81. The van der Waals surface area contributed by atoms with E-state index >= 15 is 0 Å². The number of likely N-dealkylation sites (N-methyl/N-ethyl adjacent to an activating group) is 1. The van der Waals surface area contributed by atoms with Gasteiger partial charge in [-0.05, 0) is 24.3 Å². The number of fused-ring (bicyclic) bond motifs is 1. The molecule has 1 fully saturated rings. The van der Waals surface area contributed by atoms with Crippen LogP contribution >= 0.6 is 24.0 Å². The van der Waals surface area contributed by atoms with E-state index in [0.717, 1.165) is 22.8 Å². The van der Waals surface area contributed by atoms with Gasteiger partial charge in [-0.1, -0.05) is 27.7 Å². The average Bonchev–Trinajstić information content (AvgIpc) is 3.07. The van der Waals surface area contributed by atoms with E-state index < -0.39 is 15.4 Å². The minimum atomic E-state index is -3.57. The second-order valence-electron chi connectivity index (χ2n) is 9.71. The SMILES string of the molecule is CCCSc1cc2nc(C(C)(C)C)n(S(C)(=O)=O)c2cc1NC(=S)[N+]1(C)CC[NH+]([O-])CC1. The molecule has 178 valence electrons. The van der Waals surface area contributed by atoms with Crippen LogP contribution in [0.3, 0.4) is 0 Å². The number of thiocarbonyl (C=S) groups is 1. The molecule has 1 aromatic carbocycles. The van der Waals surface area contributed by atoms with Crippen molar-refractivity contribution in [3.05, 3.63) is 23.2 Å². The van der Waals surface area contributed by atoms with Gasteiger partial charge < -0.3 is 15.6 Å². The predicted octanol–water partition coefficient (Wildman–Crippen LogP) is 2.18. The van der Waals surface area contributed by atoms with Crippen LogP contribution in [0.15, 0.2) is 17.0 Å². The van der Waals surface area contributed by atoms with E-state index in [2.05, 4.69) is 12.2 Å². The summed E-state index contributed by atoms with van der Waals surface area (Å²) in [5, 5.41) is 16.0. The molecule has 2 aromatic rings. The van der Waals surface area contributed by atoms with Gasteiger partial charge in [0.1, 0.15) is 32.0 Å². The van der Waals surface area contributed by atoms with Crippen LogP contribution in [-0.4, -0.2) is 72.2 Å². The van der Waals surface area contributed by atoms with E-state index in [1.54, 1.807) is 11.8 Å². The number of thioether (sulfide) groups is 1. The number of piperazine rings is 1. The van der Waals surface area contributed by atoms with E-state index in [-0.39, 0.29) is 5.06 Å². The van der Waals surface area contributed by atoms with Crippen molar-refractivity contribution in [1.29, 1.82) is 0 Å². The summed E-state index contributed by atoms with van der Waals surface area (Å²) in [6.07, 6.45) is 2.21. The normalized spacial score (nSPS) is 22.3. The fourth-order valence-corrected chi connectivity index (χ4v) is 6.06. The standard InChI is InChI=1S/C21H33N5O3S3/c1-7-12-31-18-14-15-17(25(32(6,28)29)19(22-15)21(2,3)4)13-16(18)23-20(30)26(5)10-8-24(27)9-11-26/h13-14,24H,7-12H2,1-6H3/p+1. The molecule has 1 aliphatic heterocycles. The molecule has 2 N–H and O–H groups in total. The van der Waals surface area contributed by atoms with Crippen LogP contribution in [0.5, 0.6) is 0 Å². The fraction of sp³-hybridized carbons (Fsp3) is 0.619. The summed E-state index contributed by atoms with van der Waals surface area (Å²) in [5.74, 6) is 1.43. The van der Waals surface area contributed by atoms with Crippen molar-refractivity contribution < 1.29 is 18.0 Å². The number of benzene rings is 1. The zero-order chi connectivity index (χ0) is 23.9. The predicted molar refractivity (Wildman–Crippen MR) is 136 cm³/mol. The van der Waals surface area contributed by atoms with Gasteiger partial charge in [-0.15, -0.1) is 11.8 Å². The first-order valence-corrected chi connectivity index (χ1v) is 14.1. The maximum atomic E-state index is 12.7. The van der Waals surface area contributed by atoms with Crippen LogP contribution in [0.2, 0.25) is 0 Å². The van der Waals surface area contributed by atoms with Crippen LogP contribution in [0.25, 0.3) is 11.0 Å². The Balaban J connectivity index is 2.12. The van der Waals surface area contributed by atoms with Gasteiger partial charge in [-0.2, -0.15) is 0 Å². The van der Waals surface area contributed by atoms with E-state index in [0.29, 0.717) is 52.6 Å². The van der Waals surface area contributed by atoms with Gasteiger partial charge >= 0.3 is 0 Å². The number of anilines is 1. The maximum Gasteiger partial charge on any atom is 0.274 e. The Hall–Kier alpha value is -1.24. The van der Waals surface area contributed by atoms with Crippen LogP contribution in [-0.2, 0) is 15.4 Å². The van der Waals surface area contributed by atoms with Crippen molar-refractivity contribution >= 4 is 55.8 Å². The molecular weight excluding hydrogens is 466 g/mol. The average molecular weight is 501 g/mol. The molecule has 1 aromatic heterocycles. The molecular formula is C21H34N5O3S3+. The highest BCUT2D eigenvalue weighted by atomic mass is 32.2. The number of nitrogens with zero attached hydrogens (tertiary/aromatic N) is 3. The molecule has 0 bridgehead atoms. The van der Waals surface area contributed by atoms with Crippen molar-refractivity contribution in [3.63, 3.8) is 0 Å². The van der Waals surface area contributed by atoms with Crippen molar-refractivity contribution in [3.8, 4) is 0 Å². The van der Waals surface area contributed by atoms with Crippen LogP contribution in [0, 0.1) is 5.21 Å². The zero-order valence-corrected chi connectivity index (χ0v) is 22.1. The summed E-state index contributed by atoms with van der Waals surface area (Å²) < 4.78 is 27.3. The lowest BCUT2D eigenvalue weighted by Gasteiger charge is -2.40. The zero-order valence-electron chi connectivity index (χ0n) is 19.7. The number of quaternary nitrogens is 2. The Morgan fingerprint density at radius 2 is 1.97 bits per heavy atom. The molecule has 0 aliphatic carbocycles. The van der Waals surface area contributed by atoms with Gasteiger partial charge in [-0.3, -0.25) is 4.48 Å². The molecule has 3 rings (SSSR count). The lowest BCUT2D eigenvalue weighted by Crippen LogP contribution is -3.11. The highest BCUT2D eigenvalue weighted by Crippen LogP contribution is 2.36. The molecule has 1 saturated heterocycles. The van der Waals surface area contributed by atoms with Crippen LogP contribution in [0.1, 0.15) is 39.9 Å². The largest absolute Gasteiger partial charge is 0.634 e. The molecule has 1 aliphatic rings. The van der Waals surface area contributed by atoms with Crippen LogP contribution in [0.4, 0.5) is 5.69 Å². The van der Waals surface area contributed by atoms with Crippen molar-refractivity contribution in [2.24, 2.45) is 0 Å². The van der Waals surface area contributed by atoms with E-state index in [4.69, 9.17) is 17.2 Å². The van der Waals surface area contributed by atoms with Crippen LogP contribution < -0.4 is 10.4 Å². The number of nitrogens with one attached hydrogen (secondary N) is 2. The molecule has 0 saturated carbocycles. The molecule has 0 spiro atoms. The second kappa shape index (κ2) is 9.19. The van der Waals surface area contributed by atoms with Gasteiger partial charge in [0.25, 0.3) is 5.11 Å². The minimum absolute atomic E-state index is 0.274. The second-order valence-corrected chi connectivity index (χ2v) is 13.1. The van der Waals surface area contributed by atoms with Gasteiger partial charge in [0.15, 0.2) is 0 Å². The number of hydrogen-bond acceptors (Lipinski definition) is 6. The number of imidazole rings is 1. The highest BCUT2D eigenvalue weighted by Gasteiger charge is 2.34. The third kappa shape index (κ3) is 5.28. The fourth-order valence-electron chi connectivity index (χ4n) is 3.75. The first-order valence-electron chi connectivity index (χ1n) is 10.8. The summed E-state index contributed by atoms with van der Waals surface area (Å²) in [5.41, 5.74) is 1.53. The van der Waals surface area contributed by atoms with Gasteiger partial charge in [0.05, 0.1) is 30.0 Å². The van der Waals surface area contributed by atoms with E-state index in [9.17, 15) is 13.6 Å². The van der Waals surface area contributed by atoms with Crippen molar-refractivity contribution in [2.45, 2.75) is 44.4 Å². The maximum absolute atomic E-state index is 12.7. The third-order valence-electron chi connectivity index (χ3n) is 5.68. The first kappa shape index (κ1) is 25.4. The van der Waals surface area contributed by atoms with Gasteiger partial charge in [-0.25, -0.2) is 17.4 Å². The molecule has 0 unspecified atom stereocenters. The Bertz CT molecular complexity index is 1110. The lowest BCUT2D eigenvalue weighted by atomic mass is 9.96. The summed E-state index contributed by atoms with van der Waals surface area (Å²) in [4.78, 5) is 5.71. The van der Waals surface area contributed by atoms with Crippen molar-refractivity contribution in [2.75, 3.05) is 50.6 Å². The molecule has 8 nitrogen and oxygen atoms in total. The molecule has 11 heteroatoms. The van der Waals surface area contributed by atoms with Gasteiger partial charge in [0, 0.05) is 22.5 Å². The smallest absolute Gasteiger partial charge is 0.274 e. The first-order chi connectivity index (χ1) is 14.8. The number of hydroxylamine groups is 2. The molecule has 0 radical (unpaired) electrons. The Labute approximate surface area is 200 Å². The topological polar surface area (TPSA) is 91.5 Å². The highest BCUT2D eigenvalue weighted by molar-refractivity contribution is 7.99. The van der Waals surface area contributed by atoms with E-state index in [1.807, 2.05) is 40.0 Å². The minimum Gasteiger partial charge on any atom is -0.634 e. The Morgan fingerprint density at radius 1 is 1.34 bits per heavy atom. The molecule has 2 heterocycles. The summed E-state index contributed by atoms with van der Waals surface area (Å²) in [6.45, 7) is 10.4. The monoisotopic (exact) mass is 500 g/mol. The molecule has 0 atom stereocenters. The third-order valence-corrected chi connectivity index (χ3v) is 8.52. The van der Waals surface area contributed by atoms with Crippen molar-refractivity contribution in [1.82, 2.24) is 8.96 Å². The van der Waals surface area contributed by atoms with E-state index in [1.165, 1.54) is 10.2 Å². The number of hydrogen-bond donors (Lipinski definition) is 2. The lowest BCUT2D eigenvalue weighted by molar-refractivity contribution is -0.950. The number of aromatic nitrogens is 2. The number of rotatable bonds is 5. The quantitative estimate of drug-likeness (QED) is 0.281. The summed E-state index contributed by atoms with van der Waals surface area (Å²) in [7, 11) is -1.53.